The maximum atomic E-state index is 9.96. The van der Waals surface area contributed by atoms with E-state index in [1.807, 2.05) is 40.1 Å². The molecule has 1 rings (SSSR count). The van der Waals surface area contributed by atoms with Gasteiger partial charge >= 0.3 is 0 Å². The van der Waals surface area contributed by atoms with Gasteiger partial charge in [-0.3, -0.25) is 4.68 Å². The third-order valence-corrected chi connectivity index (χ3v) is 2.58. The third kappa shape index (κ3) is 2.73. The molecule has 4 nitrogen and oxygen atoms in total. The van der Waals surface area contributed by atoms with Gasteiger partial charge < -0.3 is 10.4 Å². The van der Waals surface area contributed by atoms with E-state index in [2.05, 4.69) is 10.4 Å². The molecule has 0 fully saturated rings. The van der Waals surface area contributed by atoms with E-state index in [1.54, 1.807) is 4.68 Å². The summed E-state index contributed by atoms with van der Waals surface area (Å²) in [4.78, 5) is 0. The average Bonchev–Trinajstić information content (AvgIpc) is 2.48. The molecule has 1 aromatic heterocycles. The number of hydrogen-bond acceptors (Lipinski definition) is 3. The number of aryl methyl sites for hydroxylation is 1. The Morgan fingerprint density at radius 2 is 2.29 bits per heavy atom. The van der Waals surface area contributed by atoms with E-state index in [-0.39, 0.29) is 5.92 Å². The van der Waals surface area contributed by atoms with Crippen LogP contribution in [-0.2, 0) is 7.05 Å². The Labute approximate surface area is 84.9 Å². The summed E-state index contributed by atoms with van der Waals surface area (Å²) in [6.45, 7) is 6.34. The number of hydrogen-bond donors (Lipinski definition) is 2. The van der Waals surface area contributed by atoms with Crippen molar-refractivity contribution in [3.05, 3.63) is 12.3 Å². The van der Waals surface area contributed by atoms with Crippen LogP contribution in [0.4, 0.5) is 5.82 Å². The molecule has 14 heavy (non-hydrogen) atoms. The van der Waals surface area contributed by atoms with Crippen LogP contribution in [-0.4, -0.2) is 27.0 Å². The predicted molar refractivity (Wildman–Crippen MR) is 57.2 cm³/mol. The van der Waals surface area contributed by atoms with Crippen molar-refractivity contribution in [2.45, 2.75) is 26.4 Å². The number of nitrogens with one attached hydrogen (secondary N) is 1. The van der Waals surface area contributed by atoms with Gasteiger partial charge in [0.25, 0.3) is 0 Å². The molecule has 1 heterocycles. The summed E-state index contributed by atoms with van der Waals surface area (Å²) in [6.07, 6.45) is 1.87. The van der Waals surface area contributed by atoms with Crippen molar-refractivity contribution in [2.75, 3.05) is 11.9 Å². The Balaban J connectivity index is 2.48. The Hall–Kier alpha value is -1.03. The summed E-state index contributed by atoms with van der Waals surface area (Å²) >= 11 is 0. The number of rotatable bonds is 4. The van der Waals surface area contributed by atoms with Gasteiger partial charge in [-0.1, -0.05) is 13.8 Å². The first-order valence-electron chi connectivity index (χ1n) is 4.88. The van der Waals surface area contributed by atoms with Crippen LogP contribution in [0.3, 0.4) is 0 Å². The summed E-state index contributed by atoms with van der Waals surface area (Å²) in [5.41, 5.74) is -0.697. The summed E-state index contributed by atoms with van der Waals surface area (Å²) in [6, 6.07) is 1.89. The number of aromatic nitrogens is 2. The second kappa shape index (κ2) is 4.00. The molecular formula is C10H19N3O. The van der Waals surface area contributed by atoms with Crippen molar-refractivity contribution in [3.8, 4) is 0 Å². The van der Waals surface area contributed by atoms with E-state index in [9.17, 15) is 5.11 Å². The second-order valence-corrected chi connectivity index (χ2v) is 4.24. The van der Waals surface area contributed by atoms with Crippen LogP contribution < -0.4 is 5.32 Å². The highest BCUT2D eigenvalue weighted by atomic mass is 16.3. The van der Waals surface area contributed by atoms with Gasteiger partial charge in [0, 0.05) is 25.9 Å². The smallest absolute Gasteiger partial charge is 0.148 e. The lowest BCUT2D eigenvalue weighted by Crippen LogP contribution is -2.38. The van der Waals surface area contributed by atoms with E-state index < -0.39 is 5.60 Å². The molecule has 0 saturated carbocycles. The molecule has 1 atom stereocenters. The number of nitrogens with zero attached hydrogens (tertiary/aromatic N) is 2. The normalized spacial score (nSPS) is 15.6. The molecule has 0 aliphatic carbocycles. The summed E-state index contributed by atoms with van der Waals surface area (Å²) in [7, 11) is 1.87. The minimum Gasteiger partial charge on any atom is -0.388 e. The fourth-order valence-electron chi connectivity index (χ4n) is 0.983. The highest BCUT2D eigenvalue weighted by Gasteiger charge is 2.24. The molecule has 0 bridgehead atoms. The van der Waals surface area contributed by atoms with Crippen molar-refractivity contribution < 1.29 is 5.11 Å². The minimum absolute atomic E-state index is 0.221. The Morgan fingerprint density at radius 3 is 2.71 bits per heavy atom. The van der Waals surface area contributed by atoms with Gasteiger partial charge in [-0.05, 0) is 12.8 Å². The molecule has 0 radical (unpaired) electrons. The largest absolute Gasteiger partial charge is 0.388 e. The first kappa shape index (κ1) is 11.0. The zero-order valence-electron chi connectivity index (χ0n) is 9.28. The van der Waals surface area contributed by atoms with E-state index in [0.717, 1.165) is 5.82 Å². The average molecular weight is 197 g/mol. The fourth-order valence-corrected chi connectivity index (χ4v) is 0.983. The Morgan fingerprint density at radius 1 is 1.64 bits per heavy atom. The summed E-state index contributed by atoms with van der Waals surface area (Å²) in [5.74, 6) is 1.02. The van der Waals surface area contributed by atoms with Crippen LogP contribution in [0, 0.1) is 5.92 Å². The zero-order chi connectivity index (χ0) is 10.8. The van der Waals surface area contributed by atoms with Crippen LogP contribution >= 0.6 is 0 Å². The summed E-state index contributed by atoms with van der Waals surface area (Å²) in [5, 5.41) is 17.2. The van der Waals surface area contributed by atoms with E-state index in [1.165, 1.54) is 0 Å². The van der Waals surface area contributed by atoms with Gasteiger partial charge in [0.1, 0.15) is 5.82 Å². The van der Waals surface area contributed by atoms with Gasteiger partial charge in [0.15, 0.2) is 0 Å². The second-order valence-electron chi connectivity index (χ2n) is 4.24. The monoisotopic (exact) mass is 197 g/mol. The molecule has 1 aromatic rings. The zero-order valence-corrected chi connectivity index (χ0v) is 9.28. The summed E-state index contributed by atoms with van der Waals surface area (Å²) < 4.78 is 1.73. The van der Waals surface area contributed by atoms with Crippen LogP contribution in [0.1, 0.15) is 20.8 Å². The lowest BCUT2D eigenvalue weighted by atomic mass is 9.93. The lowest BCUT2D eigenvalue weighted by Gasteiger charge is -2.27. The SMILES string of the molecule is CC(C)C(C)(O)CNc1ccn(C)n1. The van der Waals surface area contributed by atoms with Gasteiger partial charge in [-0.2, -0.15) is 5.10 Å². The van der Waals surface area contributed by atoms with Gasteiger partial charge in [0.2, 0.25) is 0 Å². The van der Waals surface area contributed by atoms with Gasteiger partial charge in [-0.15, -0.1) is 0 Å². The molecule has 2 N–H and O–H groups in total. The van der Waals surface area contributed by atoms with Crippen LogP contribution in [0.15, 0.2) is 12.3 Å². The maximum Gasteiger partial charge on any atom is 0.148 e. The molecule has 1 unspecified atom stereocenters. The highest BCUT2D eigenvalue weighted by molar-refractivity contribution is 5.32. The molecule has 0 saturated heterocycles. The first-order chi connectivity index (χ1) is 6.42. The van der Waals surface area contributed by atoms with Crippen LogP contribution in [0.25, 0.3) is 0 Å². The van der Waals surface area contributed by atoms with E-state index >= 15 is 0 Å². The lowest BCUT2D eigenvalue weighted by molar-refractivity contribution is 0.0265. The van der Waals surface area contributed by atoms with Gasteiger partial charge in [0.05, 0.1) is 5.60 Å². The molecular weight excluding hydrogens is 178 g/mol. The standard InChI is InChI=1S/C10H19N3O/c1-8(2)10(3,14)7-11-9-5-6-13(4)12-9/h5-6,8,14H,7H2,1-4H3,(H,11,12). The van der Waals surface area contributed by atoms with Gasteiger partial charge in [-0.25, -0.2) is 0 Å². The Bertz CT molecular complexity index is 291. The predicted octanol–water partition coefficient (Wildman–Crippen LogP) is 1.24. The molecule has 80 valence electrons. The molecule has 0 spiro atoms. The third-order valence-electron chi connectivity index (χ3n) is 2.58. The number of anilines is 1. The fraction of sp³-hybridized carbons (Fsp3) is 0.700. The van der Waals surface area contributed by atoms with Crippen molar-refractivity contribution >= 4 is 5.82 Å². The van der Waals surface area contributed by atoms with Crippen LogP contribution in [0.2, 0.25) is 0 Å². The Kier molecular flexibility index (Phi) is 3.16. The van der Waals surface area contributed by atoms with Crippen molar-refractivity contribution in [1.29, 1.82) is 0 Å². The topological polar surface area (TPSA) is 50.1 Å². The minimum atomic E-state index is -0.697. The van der Waals surface area contributed by atoms with E-state index in [0.29, 0.717) is 6.54 Å². The van der Waals surface area contributed by atoms with Crippen molar-refractivity contribution in [1.82, 2.24) is 9.78 Å². The molecule has 0 amide bonds. The van der Waals surface area contributed by atoms with Crippen molar-refractivity contribution in [2.24, 2.45) is 13.0 Å². The van der Waals surface area contributed by atoms with Crippen LogP contribution in [0.5, 0.6) is 0 Å². The molecule has 4 heteroatoms. The highest BCUT2D eigenvalue weighted by Crippen LogP contribution is 2.16. The molecule has 0 aliphatic rings. The first-order valence-corrected chi connectivity index (χ1v) is 4.88. The molecule has 0 aliphatic heterocycles. The van der Waals surface area contributed by atoms with Crippen molar-refractivity contribution in [3.63, 3.8) is 0 Å². The maximum absolute atomic E-state index is 9.96. The molecule has 0 aromatic carbocycles. The number of aliphatic hydroxyl groups is 1. The quantitative estimate of drug-likeness (QED) is 0.763. The van der Waals surface area contributed by atoms with E-state index in [4.69, 9.17) is 0 Å².